The van der Waals surface area contributed by atoms with Crippen LogP contribution >= 0.6 is 0 Å². The van der Waals surface area contributed by atoms with Crippen molar-refractivity contribution in [2.75, 3.05) is 0 Å². The summed E-state index contributed by atoms with van der Waals surface area (Å²) in [5.74, 6) is 0.606. The monoisotopic (exact) mass is 271 g/mol. The molecule has 0 amide bonds. The molecular weight excluding hydrogens is 250 g/mol. The van der Waals surface area contributed by atoms with E-state index in [1.54, 1.807) is 6.08 Å². The van der Waals surface area contributed by atoms with Gasteiger partial charge in [-0.15, -0.1) is 0 Å². The Morgan fingerprint density at radius 3 is 2.20 bits per heavy atom. The fraction of sp³-hybridized carbons (Fsp3) is 0.412. The number of nitrogens with zero attached hydrogens (tertiary/aromatic N) is 1. The summed E-state index contributed by atoms with van der Waals surface area (Å²) in [7, 11) is 0. The molecule has 1 aromatic carbocycles. The van der Waals surface area contributed by atoms with Gasteiger partial charge in [0.05, 0.1) is 0 Å². The van der Waals surface area contributed by atoms with E-state index in [1.165, 1.54) is 5.56 Å². The zero-order chi connectivity index (χ0) is 14.9. The summed E-state index contributed by atoms with van der Waals surface area (Å²) < 4.78 is 5.22. The average Bonchev–Trinajstić information content (AvgIpc) is 2.71. The second-order valence-corrected chi connectivity index (χ2v) is 6.41. The van der Waals surface area contributed by atoms with E-state index in [0.717, 1.165) is 5.56 Å². The largest absolute Gasteiger partial charge is 0.406 e. The van der Waals surface area contributed by atoms with Crippen LogP contribution in [0.15, 0.2) is 35.0 Å². The Labute approximate surface area is 120 Å². The maximum absolute atomic E-state index is 11.8. The highest BCUT2D eigenvalue weighted by molar-refractivity contribution is 6.08. The standard InChI is InChI=1S/C17H21NO2/c1-11(2)13-8-6-12(7-9-13)10-14-15(19)20-16(18-14)17(3,4)5/h6-11H,1-5H3/b14-10-. The average molecular weight is 271 g/mol. The van der Waals surface area contributed by atoms with Gasteiger partial charge in [-0.3, -0.25) is 0 Å². The number of carbonyl (C=O) groups excluding carboxylic acids is 1. The number of hydrogen-bond donors (Lipinski definition) is 0. The molecule has 106 valence electrons. The molecule has 2 rings (SSSR count). The number of cyclic esters (lactones) is 1. The molecule has 0 radical (unpaired) electrons. The van der Waals surface area contributed by atoms with E-state index in [4.69, 9.17) is 4.74 Å². The molecule has 3 nitrogen and oxygen atoms in total. The van der Waals surface area contributed by atoms with E-state index in [9.17, 15) is 4.79 Å². The first-order chi connectivity index (χ1) is 9.27. The fourth-order valence-electron chi connectivity index (χ4n) is 1.86. The number of rotatable bonds is 2. The molecule has 0 saturated heterocycles. The van der Waals surface area contributed by atoms with Crippen molar-refractivity contribution in [1.29, 1.82) is 0 Å². The molecule has 1 aromatic rings. The lowest BCUT2D eigenvalue weighted by molar-refractivity contribution is -0.130. The Hall–Kier alpha value is -1.90. The van der Waals surface area contributed by atoms with Crippen LogP contribution < -0.4 is 0 Å². The Morgan fingerprint density at radius 2 is 1.75 bits per heavy atom. The minimum atomic E-state index is -0.372. The molecule has 0 atom stereocenters. The first kappa shape index (κ1) is 14.5. The van der Waals surface area contributed by atoms with E-state index in [1.807, 2.05) is 32.9 Å². The van der Waals surface area contributed by atoms with Crippen LogP contribution in [0.25, 0.3) is 6.08 Å². The lowest BCUT2D eigenvalue weighted by Crippen LogP contribution is -2.21. The van der Waals surface area contributed by atoms with Gasteiger partial charge in [-0.05, 0) is 23.1 Å². The summed E-state index contributed by atoms with van der Waals surface area (Å²) in [4.78, 5) is 16.1. The van der Waals surface area contributed by atoms with Gasteiger partial charge in [0.15, 0.2) is 5.70 Å². The van der Waals surface area contributed by atoms with E-state index in [-0.39, 0.29) is 11.4 Å². The molecule has 0 spiro atoms. The minimum absolute atomic E-state index is 0.257. The predicted molar refractivity (Wildman–Crippen MR) is 81.5 cm³/mol. The lowest BCUT2D eigenvalue weighted by Gasteiger charge is -2.15. The molecule has 0 aromatic heterocycles. The van der Waals surface area contributed by atoms with Crippen LogP contribution in [0.5, 0.6) is 0 Å². The van der Waals surface area contributed by atoms with Crippen LogP contribution in [-0.4, -0.2) is 11.9 Å². The Kier molecular flexibility index (Phi) is 3.80. The van der Waals surface area contributed by atoms with Gasteiger partial charge in [-0.2, -0.15) is 0 Å². The smallest absolute Gasteiger partial charge is 0.363 e. The number of carbonyl (C=O) groups is 1. The highest BCUT2D eigenvalue weighted by atomic mass is 16.6. The maximum Gasteiger partial charge on any atom is 0.363 e. The molecule has 0 unspecified atom stereocenters. The van der Waals surface area contributed by atoms with Crippen LogP contribution in [0.3, 0.4) is 0 Å². The van der Waals surface area contributed by atoms with Crippen LogP contribution in [0, 0.1) is 5.41 Å². The molecule has 3 heteroatoms. The van der Waals surface area contributed by atoms with Gasteiger partial charge < -0.3 is 4.74 Å². The van der Waals surface area contributed by atoms with Crippen molar-refractivity contribution in [2.24, 2.45) is 10.4 Å². The van der Waals surface area contributed by atoms with Crippen LogP contribution in [0.1, 0.15) is 51.7 Å². The van der Waals surface area contributed by atoms with Crippen molar-refractivity contribution < 1.29 is 9.53 Å². The van der Waals surface area contributed by atoms with Gasteiger partial charge in [0, 0.05) is 5.41 Å². The first-order valence-corrected chi connectivity index (χ1v) is 6.90. The predicted octanol–water partition coefficient (Wildman–Crippen LogP) is 4.15. The van der Waals surface area contributed by atoms with Gasteiger partial charge in [-0.1, -0.05) is 58.9 Å². The van der Waals surface area contributed by atoms with Gasteiger partial charge in [0.2, 0.25) is 5.90 Å². The van der Waals surface area contributed by atoms with E-state index in [0.29, 0.717) is 17.5 Å². The number of ether oxygens (including phenoxy) is 1. The second kappa shape index (κ2) is 5.23. The van der Waals surface area contributed by atoms with E-state index < -0.39 is 0 Å². The zero-order valence-electron chi connectivity index (χ0n) is 12.7. The molecular formula is C17H21NO2. The Morgan fingerprint density at radius 1 is 1.15 bits per heavy atom. The third kappa shape index (κ3) is 3.16. The quantitative estimate of drug-likeness (QED) is 0.598. The van der Waals surface area contributed by atoms with Crippen molar-refractivity contribution in [1.82, 2.24) is 0 Å². The second-order valence-electron chi connectivity index (χ2n) is 6.41. The Balaban J connectivity index is 2.27. The van der Waals surface area contributed by atoms with Crippen LogP contribution in [-0.2, 0) is 9.53 Å². The Bertz CT molecular complexity index is 572. The summed E-state index contributed by atoms with van der Waals surface area (Å²) in [5, 5.41) is 0. The molecule has 0 aliphatic carbocycles. The number of esters is 1. The van der Waals surface area contributed by atoms with Crippen molar-refractivity contribution in [3.05, 3.63) is 41.1 Å². The summed E-state index contributed by atoms with van der Waals surface area (Å²) in [6, 6.07) is 8.15. The highest BCUT2D eigenvalue weighted by Gasteiger charge is 2.31. The molecule has 1 aliphatic heterocycles. The van der Waals surface area contributed by atoms with E-state index >= 15 is 0 Å². The van der Waals surface area contributed by atoms with Gasteiger partial charge in [-0.25, -0.2) is 9.79 Å². The van der Waals surface area contributed by atoms with Crippen molar-refractivity contribution in [3.63, 3.8) is 0 Å². The highest BCUT2D eigenvalue weighted by Crippen LogP contribution is 2.26. The SMILES string of the molecule is CC(C)c1ccc(/C=C2\N=C(C(C)(C)C)OC2=O)cc1. The summed E-state index contributed by atoms with van der Waals surface area (Å²) in [6.45, 7) is 10.2. The van der Waals surface area contributed by atoms with Crippen molar-refractivity contribution >= 4 is 17.9 Å². The third-order valence-electron chi connectivity index (χ3n) is 3.17. The summed E-state index contributed by atoms with van der Waals surface area (Å²) in [6.07, 6.45) is 1.77. The molecule has 0 saturated carbocycles. The molecule has 0 bridgehead atoms. The topological polar surface area (TPSA) is 38.7 Å². The summed E-state index contributed by atoms with van der Waals surface area (Å²) >= 11 is 0. The van der Waals surface area contributed by atoms with Crippen molar-refractivity contribution in [3.8, 4) is 0 Å². The minimum Gasteiger partial charge on any atom is -0.406 e. The summed E-state index contributed by atoms with van der Waals surface area (Å²) in [5.41, 5.74) is 2.35. The van der Waals surface area contributed by atoms with Gasteiger partial charge in [0.25, 0.3) is 0 Å². The van der Waals surface area contributed by atoms with Crippen LogP contribution in [0.2, 0.25) is 0 Å². The number of benzene rings is 1. The molecule has 0 fully saturated rings. The molecule has 0 N–H and O–H groups in total. The maximum atomic E-state index is 11.8. The zero-order valence-corrected chi connectivity index (χ0v) is 12.7. The van der Waals surface area contributed by atoms with E-state index in [2.05, 4.69) is 31.0 Å². The van der Waals surface area contributed by atoms with Crippen LogP contribution in [0.4, 0.5) is 0 Å². The third-order valence-corrected chi connectivity index (χ3v) is 3.17. The normalized spacial score (nSPS) is 17.6. The lowest BCUT2D eigenvalue weighted by atomic mass is 9.97. The van der Waals surface area contributed by atoms with Crippen molar-refractivity contribution in [2.45, 2.75) is 40.5 Å². The first-order valence-electron chi connectivity index (χ1n) is 6.90. The molecule has 20 heavy (non-hydrogen) atoms. The molecule has 1 heterocycles. The van der Waals surface area contributed by atoms with Gasteiger partial charge in [0.1, 0.15) is 0 Å². The number of hydrogen-bond acceptors (Lipinski definition) is 3. The number of aliphatic imine (C=N–C) groups is 1. The van der Waals surface area contributed by atoms with Gasteiger partial charge >= 0.3 is 5.97 Å². The molecule has 1 aliphatic rings. The fourth-order valence-corrected chi connectivity index (χ4v) is 1.86.